The van der Waals surface area contributed by atoms with E-state index < -0.39 is 5.41 Å². The molecule has 3 aromatic heterocycles. The average molecular weight is 638 g/mol. The third-order valence-electron chi connectivity index (χ3n) is 10.1. The molecular formula is C37H44ClN7O. The number of carbonyl (C=O) groups is 1. The fraction of sp³-hybridized carbons (Fsp3) is 0.432. The molecule has 1 saturated heterocycles. The van der Waals surface area contributed by atoms with E-state index in [0.29, 0.717) is 18.0 Å². The normalized spacial score (nSPS) is 15.4. The van der Waals surface area contributed by atoms with Crippen molar-refractivity contribution >= 4 is 28.4 Å². The SMILES string of the molecule is CCC1CCN(Cc2nccn2Cc2cc([C@@H](c3ccc4c(nnn4C)c3C)C(C)(C)C(=O)Cc3cccnc3)ccc2Cl)CC1. The number of ketones is 1. The lowest BCUT2D eigenvalue weighted by Crippen LogP contribution is -2.34. The predicted molar refractivity (Wildman–Crippen MR) is 183 cm³/mol. The van der Waals surface area contributed by atoms with Gasteiger partial charge in [-0.1, -0.05) is 68.3 Å². The maximum atomic E-state index is 14.2. The number of pyridine rings is 1. The zero-order valence-electron chi connectivity index (χ0n) is 27.6. The second-order valence-corrected chi connectivity index (χ2v) is 13.8. The second kappa shape index (κ2) is 13.5. The summed E-state index contributed by atoms with van der Waals surface area (Å²) in [5.41, 5.74) is 6.09. The highest BCUT2D eigenvalue weighted by molar-refractivity contribution is 6.31. The van der Waals surface area contributed by atoms with Crippen LogP contribution >= 0.6 is 11.6 Å². The van der Waals surface area contributed by atoms with Crippen molar-refractivity contribution in [3.63, 3.8) is 0 Å². The van der Waals surface area contributed by atoms with Gasteiger partial charge in [-0.25, -0.2) is 9.67 Å². The molecule has 0 radical (unpaired) electrons. The molecule has 8 nitrogen and oxygen atoms in total. The quantitative estimate of drug-likeness (QED) is 0.153. The van der Waals surface area contributed by atoms with Crippen LogP contribution in [0.5, 0.6) is 0 Å². The minimum absolute atomic E-state index is 0.143. The highest BCUT2D eigenvalue weighted by Gasteiger charge is 2.40. The number of fused-ring (bicyclic) bond motifs is 1. The molecule has 0 amide bonds. The third-order valence-corrected chi connectivity index (χ3v) is 10.5. The molecule has 1 fully saturated rings. The summed E-state index contributed by atoms with van der Waals surface area (Å²) in [4.78, 5) is 25.7. The maximum absolute atomic E-state index is 14.2. The van der Waals surface area contributed by atoms with Gasteiger partial charge in [0, 0.05) is 54.6 Å². The first-order valence-electron chi connectivity index (χ1n) is 16.4. The fourth-order valence-electron chi connectivity index (χ4n) is 7.09. The van der Waals surface area contributed by atoms with Gasteiger partial charge in [-0.15, -0.1) is 5.10 Å². The highest BCUT2D eigenvalue weighted by atomic mass is 35.5. The van der Waals surface area contributed by atoms with Gasteiger partial charge in [0.05, 0.1) is 18.6 Å². The topological polar surface area (TPSA) is 81.7 Å². The number of piperidine rings is 1. The number of benzene rings is 2. The lowest BCUT2D eigenvalue weighted by atomic mass is 9.66. The number of hydrogen-bond acceptors (Lipinski definition) is 6. The van der Waals surface area contributed by atoms with Crippen molar-refractivity contribution in [2.75, 3.05) is 13.1 Å². The standard InChI is InChI=1S/C37H44ClN7O/c1-6-26-13-17-44(18-14-26)24-34-40-16-19-45(34)23-29-21-28(9-11-31(29)38)35(30-10-12-32-36(25(30)2)41-42-43(32)5)37(3,4)33(46)20-27-8-7-15-39-22-27/h7-12,15-16,19,21-22,26,35H,6,13-14,17-18,20,23-24H2,1-5H3/t35-/m0/s1. The van der Waals surface area contributed by atoms with Crippen LogP contribution in [0.1, 0.15) is 79.6 Å². The Morgan fingerprint density at radius 2 is 1.89 bits per heavy atom. The summed E-state index contributed by atoms with van der Waals surface area (Å²) in [6, 6.07) is 14.3. The monoisotopic (exact) mass is 637 g/mol. The Bertz CT molecular complexity index is 1820. The Morgan fingerprint density at radius 3 is 2.63 bits per heavy atom. The summed E-state index contributed by atoms with van der Waals surface area (Å²) < 4.78 is 4.00. The largest absolute Gasteiger partial charge is 0.329 e. The van der Waals surface area contributed by atoms with Crippen molar-refractivity contribution in [3.05, 3.63) is 106 Å². The molecule has 46 heavy (non-hydrogen) atoms. The Hall–Kier alpha value is -3.88. The summed E-state index contributed by atoms with van der Waals surface area (Å²) in [6.07, 6.45) is 11.5. The van der Waals surface area contributed by atoms with E-state index in [1.807, 2.05) is 37.6 Å². The van der Waals surface area contributed by atoms with Crippen LogP contribution in [0.25, 0.3) is 11.0 Å². The molecule has 0 N–H and O–H groups in total. The van der Waals surface area contributed by atoms with Gasteiger partial charge in [0.25, 0.3) is 0 Å². The van der Waals surface area contributed by atoms with Gasteiger partial charge in [-0.2, -0.15) is 0 Å². The number of halogens is 1. The van der Waals surface area contributed by atoms with Crippen molar-refractivity contribution in [1.29, 1.82) is 0 Å². The predicted octanol–water partition coefficient (Wildman–Crippen LogP) is 7.16. The van der Waals surface area contributed by atoms with Gasteiger partial charge >= 0.3 is 0 Å². The van der Waals surface area contributed by atoms with Crippen LogP contribution in [-0.2, 0) is 31.4 Å². The molecule has 6 rings (SSSR count). The third kappa shape index (κ3) is 6.51. The lowest BCUT2D eigenvalue weighted by molar-refractivity contribution is -0.127. The number of Topliss-reactive ketones (excluding diaryl/α,β-unsaturated/α-hetero) is 1. The molecule has 0 unspecified atom stereocenters. The van der Waals surface area contributed by atoms with Gasteiger partial charge in [0.1, 0.15) is 17.1 Å². The van der Waals surface area contributed by atoms with E-state index in [-0.39, 0.29) is 11.7 Å². The molecule has 4 heterocycles. The molecule has 9 heteroatoms. The van der Waals surface area contributed by atoms with E-state index in [0.717, 1.165) is 70.2 Å². The van der Waals surface area contributed by atoms with E-state index in [9.17, 15) is 4.79 Å². The van der Waals surface area contributed by atoms with E-state index in [1.54, 1.807) is 17.1 Å². The molecular weight excluding hydrogens is 594 g/mol. The Balaban J connectivity index is 1.36. The van der Waals surface area contributed by atoms with Gasteiger partial charge < -0.3 is 4.57 Å². The molecule has 1 atom stereocenters. The molecule has 1 aliphatic heterocycles. The average Bonchev–Trinajstić information content (AvgIpc) is 3.66. The number of aryl methyl sites for hydroxylation is 2. The molecule has 0 bridgehead atoms. The highest BCUT2D eigenvalue weighted by Crippen LogP contribution is 2.45. The summed E-state index contributed by atoms with van der Waals surface area (Å²) in [7, 11) is 1.90. The number of hydrogen-bond donors (Lipinski definition) is 0. The minimum atomic E-state index is -0.758. The van der Waals surface area contributed by atoms with Crippen molar-refractivity contribution in [2.24, 2.45) is 18.4 Å². The van der Waals surface area contributed by atoms with Crippen LogP contribution in [0.2, 0.25) is 5.02 Å². The van der Waals surface area contributed by atoms with Gasteiger partial charge in [-0.3, -0.25) is 14.7 Å². The first-order valence-corrected chi connectivity index (χ1v) is 16.7. The maximum Gasteiger partial charge on any atom is 0.143 e. The van der Waals surface area contributed by atoms with Crippen LogP contribution in [-0.4, -0.2) is 53.3 Å². The van der Waals surface area contributed by atoms with Gasteiger partial charge in [-0.05, 0) is 84.8 Å². The van der Waals surface area contributed by atoms with Crippen molar-refractivity contribution in [3.8, 4) is 0 Å². The summed E-state index contributed by atoms with van der Waals surface area (Å²) in [5, 5.41) is 9.45. The number of nitrogens with zero attached hydrogens (tertiary/aromatic N) is 7. The van der Waals surface area contributed by atoms with Crippen LogP contribution < -0.4 is 0 Å². The zero-order chi connectivity index (χ0) is 32.4. The number of carbonyl (C=O) groups excluding carboxylic acids is 1. The van der Waals surface area contributed by atoms with Crippen LogP contribution in [0.4, 0.5) is 0 Å². The first kappa shape index (κ1) is 32.1. The summed E-state index contributed by atoms with van der Waals surface area (Å²) in [5.74, 6) is 1.78. The Labute approximate surface area is 276 Å². The first-order chi connectivity index (χ1) is 22.2. The van der Waals surface area contributed by atoms with E-state index in [4.69, 9.17) is 16.6 Å². The zero-order valence-corrected chi connectivity index (χ0v) is 28.3. The summed E-state index contributed by atoms with van der Waals surface area (Å²) in [6.45, 7) is 12.1. The summed E-state index contributed by atoms with van der Waals surface area (Å²) >= 11 is 6.90. The van der Waals surface area contributed by atoms with Crippen molar-refractivity contribution < 1.29 is 4.79 Å². The van der Waals surface area contributed by atoms with Crippen LogP contribution in [0.15, 0.2) is 67.3 Å². The van der Waals surface area contributed by atoms with E-state index in [1.165, 1.54) is 19.3 Å². The molecule has 240 valence electrons. The molecule has 0 saturated carbocycles. The Kier molecular flexibility index (Phi) is 9.39. The molecule has 5 aromatic rings. The number of likely N-dealkylation sites (tertiary alicyclic amines) is 1. The van der Waals surface area contributed by atoms with Crippen LogP contribution in [0.3, 0.4) is 0 Å². The number of rotatable bonds is 11. The molecule has 0 spiro atoms. The number of aromatic nitrogens is 6. The fourth-order valence-corrected chi connectivity index (χ4v) is 7.27. The lowest BCUT2D eigenvalue weighted by Gasteiger charge is -2.35. The molecule has 1 aliphatic rings. The molecule has 0 aliphatic carbocycles. The van der Waals surface area contributed by atoms with E-state index >= 15 is 0 Å². The molecule has 2 aromatic carbocycles. The van der Waals surface area contributed by atoms with Crippen LogP contribution in [0, 0.1) is 18.3 Å². The Morgan fingerprint density at radius 1 is 1.09 bits per heavy atom. The second-order valence-electron chi connectivity index (χ2n) is 13.4. The van der Waals surface area contributed by atoms with Crippen molar-refractivity contribution in [2.45, 2.75) is 72.4 Å². The smallest absolute Gasteiger partial charge is 0.143 e. The van der Waals surface area contributed by atoms with Crippen molar-refractivity contribution in [1.82, 2.24) is 34.4 Å². The minimum Gasteiger partial charge on any atom is -0.329 e. The van der Waals surface area contributed by atoms with Gasteiger partial charge in [0.2, 0.25) is 0 Å². The number of imidazole rings is 1. The van der Waals surface area contributed by atoms with Gasteiger partial charge in [0.15, 0.2) is 0 Å². The van der Waals surface area contributed by atoms with E-state index in [2.05, 4.69) is 76.7 Å².